The lowest BCUT2D eigenvalue weighted by molar-refractivity contribution is -0.128. The Morgan fingerprint density at radius 3 is 2.76 bits per heavy atom. The van der Waals surface area contributed by atoms with Gasteiger partial charge in [-0.2, -0.15) is 0 Å². The first-order valence-electron chi connectivity index (χ1n) is 8.24. The molecular weight excluding hydrogens is 268 g/mol. The van der Waals surface area contributed by atoms with Crippen molar-refractivity contribution >= 4 is 11.9 Å². The number of nitrogens with zero attached hydrogens (tertiary/aromatic N) is 2. The molecule has 0 saturated carbocycles. The number of fused-ring (bicyclic) bond motifs is 2. The number of likely N-dealkylation sites (tertiary alicyclic amines) is 1. The third kappa shape index (κ3) is 3.48. The maximum absolute atomic E-state index is 12.1. The molecule has 2 bridgehead atoms. The minimum Gasteiger partial charge on any atom is -0.373 e. The molecule has 0 aromatic heterocycles. The van der Waals surface area contributed by atoms with E-state index in [-0.39, 0.29) is 12.5 Å². The Balaban J connectivity index is 1.53. The summed E-state index contributed by atoms with van der Waals surface area (Å²) in [5.74, 6) is 0.875. The van der Waals surface area contributed by atoms with Crippen LogP contribution in [0.25, 0.3) is 0 Å². The van der Waals surface area contributed by atoms with Crippen molar-refractivity contribution < 1.29 is 9.53 Å². The van der Waals surface area contributed by atoms with Crippen LogP contribution in [-0.2, 0) is 9.53 Å². The largest absolute Gasteiger partial charge is 0.373 e. The molecule has 0 spiro atoms. The van der Waals surface area contributed by atoms with E-state index in [9.17, 15) is 4.79 Å². The van der Waals surface area contributed by atoms with E-state index in [0.717, 1.165) is 51.3 Å². The normalized spacial score (nSPS) is 31.8. The number of nitrogens with one attached hydrogen (secondary N) is 2. The molecule has 2 N–H and O–H groups in total. The summed E-state index contributed by atoms with van der Waals surface area (Å²) in [6, 6.07) is 0.337. The number of carbonyl (C=O) groups is 1. The SMILES string of the molecule is CCNC(=NCC(=O)N1CCCC1)NC1CC2CCC1O2. The molecule has 3 atom stereocenters. The summed E-state index contributed by atoms with van der Waals surface area (Å²) in [4.78, 5) is 18.4. The van der Waals surface area contributed by atoms with Crippen molar-refractivity contribution in [1.29, 1.82) is 0 Å². The summed E-state index contributed by atoms with van der Waals surface area (Å²) < 4.78 is 5.85. The summed E-state index contributed by atoms with van der Waals surface area (Å²) >= 11 is 0. The van der Waals surface area contributed by atoms with Crippen LogP contribution in [0.15, 0.2) is 4.99 Å². The van der Waals surface area contributed by atoms with Crippen LogP contribution < -0.4 is 10.6 Å². The van der Waals surface area contributed by atoms with Gasteiger partial charge < -0.3 is 20.3 Å². The molecular formula is C15H26N4O2. The van der Waals surface area contributed by atoms with Crippen LogP contribution >= 0.6 is 0 Å². The maximum atomic E-state index is 12.1. The van der Waals surface area contributed by atoms with E-state index in [1.54, 1.807) is 0 Å². The molecule has 3 fully saturated rings. The Morgan fingerprint density at radius 2 is 2.14 bits per heavy atom. The van der Waals surface area contributed by atoms with Crippen LogP contribution in [-0.4, -0.2) is 61.2 Å². The molecule has 0 aromatic carbocycles. The predicted molar refractivity (Wildman–Crippen MR) is 81.2 cm³/mol. The molecule has 3 saturated heterocycles. The number of ether oxygens (including phenoxy) is 1. The predicted octanol–water partition coefficient (Wildman–Crippen LogP) is 0.484. The van der Waals surface area contributed by atoms with Gasteiger partial charge in [0.05, 0.1) is 18.2 Å². The van der Waals surface area contributed by atoms with Crippen molar-refractivity contribution in [3.8, 4) is 0 Å². The second-order valence-electron chi connectivity index (χ2n) is 6.14. The van der Waals surface area contributed by atoms with Crippen molar-refractivity contribution in [2.45, 2.75) is 57.3 Å². The van der Waals surface area contributed by atoms with Crippen molar-refractivity contribution in [3.63, 3.8) is 0 Å². The number of carbonyl (C=O) groups excluding carboxylic acids is 1. The number of hydrogen-bond donors (Lipinski definition) is 2. The van der Waals surface area contributed by atoms with Gasteiger partial charge in [0.1, 0.15) is 6.54 Å². The van der Waals surface area contributed by atoms with Gasteiger partial charge in [0.25, 0.3) is 0 Å². The van der Waals surface area contributed by atoms with E-state index < -0.39 is 0 Å². The van der Waals surface area contributed by atoms with Crippen molar-refractivity contribution in [1.82, 2.24) is 15.5 Å². The number of amides is 1. The van der Waals surface area contributed by atoms with Gasteiger partial charge in [-0.25, -0.2) is 4.99 Å². The lowest BCUT2D eigenvalue weighted by Gasteiger charge is -2.23. The summed E-state index contributed by atoms with van der Waals surface area (Å²) in [6.45, 7) is 4.84. The fourth-order valence-electron chi connectivity index (χ4n) is 3.50. The van der Waals surface area contributed by atoms with E-state index in [1.165, 1.54) is 6.42 Å². The van der Waals surface area contributed by atoms with Crippen LogP contribution in [0.5, 0.6) is 0 Å². The molecule has 3 heterocycles. The number of aliphatic imine (C=N–C) groups is 1. The Hall–Kier alpha value is -1.30. The van der Waals surface area contributed by atoms with Gasteiger partial charge in [-0.1, -0.05) is 0 Å². The highest BCUT2D eigenvalue weighted by atomic mass is 16.5. The molecule has 6 nitrogen and oxygen atoms in total. The van der Waals surface area contributed by atoms with Crippen LogP contribution in [0.4, 0.5) is 0 Å². The first kappa shape index (κ1) is 14.6. The Labute approximate surface area is 126 Å². The van der Waals surface area contributed by atoms with Gasteiger partial charge in [0.2, 0.25) is 5.91 Å². The monoisotopic (exact) mass is 294 g/mol. The number of hydrogen-bond acceptors (Lipinski definition) is 3. The highest BCUT2D eigenvalue weighted by molar-refractivity contribution is 5.85. The molecule has 118 valence electrons. The van der Waals surface area contributed by atoms with E-state index in [0.29, 0.717) is 18.2 Å². The van der Waals surface area contributed by atoms with Gasteiger partial charge in [0.15, 0.2) is 5.96 Å². The summed E-state index contributed by atoms with van der Waals surface area (Å²) in [7, 11) is 0. The maximum Gasteiger partial charge on any atom is 0.244 e. The molecule has 3 aliphatic rings. The quantitative estimate of drug-likeness (QED) is 0.585. The lowest BCUT2D eigenvalue weighted by Crippen LogP contribution is -2.47. The third-order valence-corrected chi connectivity index (χ3v) is 4.60. The van der Waals surface area contributed by atoms with Gasteiger partial charge in [-0.3, -0.25) is 4.79 Å². The van der Waals surface area contributed by atoms with E-state index in [2.05, 4.69) is 15.6 Å². The first-order valence-corrected chi connectivity index (χ1v) is 8.24. The summed E-state index contributed by atoms with van der Waals surface area (Å²) in [5.41, 5.74) is 0. The van der Waals surface area contributed by atoms with Crippen LogP contribution in [0.3, 0.4) is 0 Å². The molecule has 3 rings (SSSR count). The summed E-state index contributed by atoms with van der Waals surface area (Å²) in [5, 5.41) is 6.66. The third-order valence-electron chi connectivity index (χ3n) is 4.60. The average molecular weight is 294 g/mol. The fraction of sp³-hybridized carbons (Fsp3) is 0.867. The molecule has 3 aliphatic heterocycles. The molecule has 21 heavy (non-hydrogen) atoms. The first-order chi connectivity index (χ1) is 10.3. The van der Waals surface area contributed by atoms with Crippen molar-refractivity contribution in [2.75, 3.05) is 26.2 Å². The van der Waals surface area contributed by atoms with Crippen molar-refractivity contribution in [2.24, 2.45) is 4.99 Å². The standard InChI is InChI=1S/C15H26N4O2/c1-2-16-15(17-10-14(20)19-7-3-4-8-19)18-12-9-11-5-6-13(12)21-11/h11-13H,2-10H2,1H3,(H2,16,17,18). The fourth-order valence-corrected chi connectivity index (χ4v) is 3.50. The number of rotatable bonds is 4. The van der Waals surface area contributed by atoms with Crippen LogP contribution in [0, 0.1) is 0 Å². The van der Waals surface area contributed by atoms with Crippen LogP contribution in [0.1, 0.15) is 39.0 Å². The Bertz CT molecular complexity index is 406. The van der Waals surface area contributed by atoms with E-state index in [4.69, 9.17) is 4.74 Å². The average Bonchev–Trinajstić information content (AvgIpc) is 3.21. The Morgan fingerprint density at radius 1 is 1.33 bits per heavy atom. The lowest BCUT2D eigenvalue weighted by atomic mass is 9.96. The van der Waals surface area contributed by atoms with Gasteiger partial charge in [-0.05, 0) is 39.0 Å². The molecule has 0 aliphatic carbocycles. The Kier molecular flexibility index (Phi) is 4.63. The van der Waals surface area contributed by atoms with Gasteiger partial charge >= 0.3 is 0 Å². The van der Waals surface area contributed by atoms with Gasteiger partial charge in [0, 0.05) is 19.6 Å². The topological polar surface area (TPSA) is 66.0 Å². The van der Waals surface area contributed by atoms with E-state index in [1.807, 2.05) is 11.8 Å². The minimum absolute atomic E-state index is 0.133. The second-order valence-corrected chi connectivity index (χ2v) is 6.14. The zero-order valence-electron chi connectivity index (χ0n) is 12.8. The van der Waals surface area contributed by atoms with E-state index >= 15 is 0 Å². The van der Waals surface area contributed by atoms with Crippen molar-refractivity contribution in [3.05, 3.63) is 0 Å². The minimum atomic E-state index is 0.133. The van der Waals surface area contributed by atoms with Gasteiger partial charge in [-0.15, -0.1) is 0 Å². The molecule has 6 heteroatoms. The number of guanidine groups is 1. The smallest absolute Gasteiger partial charge is 0.244 e. The zero-order valence-corrected chi connectivity index (χ0v) is 12.8. The molecule has 0 radical (unpaired) electrons. The molecule has 3 unspecified atom stereocenters. The zero-order chi connectivity index (χ0) is 14.7. The summed E-state index contributed by atoms with van der Waals surface area (Å²) in [6.07, 6.45) is 6.34. The highest BCUT2D eigenvalue weighted by Crippen LogP contribution is 2.34. The highest BCUT2D eigenvalue weighted by Gasteiger charge is 2.41. The molecule has 1 amide bonds. The van der Waals surface area contributed by atoms with Crippen LogP contribution in [0.2, 0.25) is 0 Å². The molecule has 0 aromatic rings. The second kappa shape index (κ2) is 6.64.